The van der Waals surface area contributed by atoms with Crippen molar-refractivity contribution in [1.82, 2.24) is 0 Å². The van der Waals surface area contributed by atoms with Gasteiger partial charge in [0, 0.05) is 5.41 Å². The maximum Gasteiger partial charge on any atom is 0.0126 e. The summed E-state index contributed by atoms with van der Waals surface area (Å²) >= 11 is 0. The highest BCUT2D eigenvalue weighted by Gasteiger charge is 2.47. The van der Waals surface area contributed by atoms with Crippen molar-refractivity contribution in [2.45, 2.75) is 184 Å². The smallest absolute Gasteiger partial charge is 0.0126 e. The molecule has 35 heavy (non-hydrogen) atoms. The summed E-state index contributed by atoms with van der Waals surface area (Å²) in [5, 5.41) is 0. The molecule has 0 spiro atoms. The Balaban J connectivity index is 4.29. The molecule has 0 aromatic carbocycles. The standard InChI is InChI=1S/C35H66/c1-10-19-29-28-34(24-15-6,25-16-7)32(22-13-4)30(20-11-2)33(23-14-5)35(26-17-8,27-18-9)31(29)21-12-3/h32H,10-28H2,1-9H3/b31-29-,33-30-. The van der Waals surface area contributed by atoms with Crippen LogP contribution in [-0.2, 0) is 0 Å². The van der Waals surface area contributed by atoms with Crippen LogP contribution < -0.4 is 0 Å². The van der Waals surface area contributed by atoms with E-state index < -0.39 is 0 Å². The van der Waals surface area contributed by atoms with Gasteiger partial charge in [-0.2, -0.15) is 0 Å². The van der Waals surface area contributed by atoms with E-state index in [2.05, 4.69) is 62.3 Å². The molecule has 0 radical (unpaired) electrons. The van der Waals surface area contributed by atoms with Gasteiger partial charge in [0.05, 0.1) is 0 Å². The van der Waals surface area contributed by atoms with Gasteiger partial charge in [-0.1, -0.05) is 142 Å². The third-order valence-corrected chi connectivity index (χ3v) is 9.19. The van der Waals surface area contributed by atoms with Gasteiger partial charge in [0.25, 0.3) is 0 Å². The van der Waals surface area contributed by atoms with Gasteiger partial charge in [-0.25, -0.2) is 0 Å². The highest BCUT2D eigenvalue weighted by atomic mass is 14.5. The quantitative estimate of drug-likeness (QED) is 0.169. The molecule has 1 aliphatic carbocycles. The molecule has 0 saturated heterocycles. The van der Waals surface area contributed by atoms with Gasteiger partial charge >= 0.3 is 0 Å². The van der Waals surface area contributed by atoms with Crippen molar-refractivity contribution in [3.63, 3.8) is 0 Å². The second kappa shape index (κ2) is 17.1. The zero-order chi connectivity index (χ0) is 26.3. The van der Waals surface area contributed by atoms with Gasteiger partial charge in [-0.05, 0) is 75.5 Å². The van der Waals surface area contributed by atoms with E-state index in [9.17, 15) is 0 Å². The van der Waals surface area contributed by atoms with E-state index in [1.165, 1.54) is 122 Å². The maximum atomic E-state index is 2.46. The number of hydrogen-bond donors (Lipinski definition) is 0. The fourth-order valence-corrected chi connectivity index (χ4v) is 8.51. The molecule has 0 heteroatoms. The van der Waals surface area contributed by atoms with Crippen molar-refractivity contribution in [3.05, 3.63) is 22.3 Å². The summed E-state index contributed by atoms with van der Waals surface area (Å²) < 4.78 is 0. The molecule has 0 aromatic heterocycles. The summed E-state index contributed by atoms with van der Waals surface area (Å²) in [5.41, 5.74) is 8.58. The fourth-order valence-electron chi connectivity index (χ4n) is 8.51. The molecule has 206 valence electrons. The summed E-state index contributed by atoms with van der Waals surface area (Å²) in [6, 6.07) is 0. The van der Waals surface area contributed by atoms with Crippen LogP contribution >= 0.6 is 0 Å². The van der Waals surface area contributed by atoms with Crippen LogP contribution in [0.4, 0.5) is 0 Å². The molecule has 0 fully saturated rings. The molecule has 1 atom stereocenters. The SMILES string of the molecule is CCC/C1=C(\CCC)C(CCC)(CCC)/C(CCC)=C(/CCC)C(CCC)C(CCC)(CCC)C1. The van der Waals surface area contributed by atoms with Gasteiger partial charge in [0.15, 0.2) is 0 Å². The summed E-state index contributed by atoms with van der Waals surface area (Å²) in [4.78, 5) is 0. The van der Waals surface area contributed by atoms with Crippen molar-refractivity contribution >= 4 is 0 Å². The molecule has 1 rings (SSSR count). The van der Waals surface area contributed by atoms with Crippen LogP contribution in [0.25, 0.3) is 0 Å². The molecule has 0 nitrogen and oxygen atoms in total. The van der Waals surface area contributed by atoms with E-state index in [-0.39, 0.29) is 0 Å². The van der Waals surface area contributed by atoms with E-state index >= 15 is 0 Å². The largest absolute Gasteiger partial charge is 0.0696 e. The van der Waals surface area contributed by atoms with Gasteiger partial charge in [0.2, 0.25) is 0 Å². The Morgan fingerprint density at radius 1 is 0.514 bits per heavy atom. The second-order valence-corrected chi connectivity index (χ2v) is 12.0. The Hall–Kier alpha value is -0.520. The topological polar surface area (TPSA) is 0 Å². The van der Waals surface area contributed by atoms with Crippen LogP contribution in [-0.4, -0.2) is 0 Å². The van der Waals surface area contributed by atoms with Crippen LogP contribution in [0.3, 0.4) is 0 Å². The molecule has 0 aromatic rings. The Kier molecular flexibility index (Phi) is 15.9. The third kappa shape index (κ3) is 7.74. The second-order valence-electron chi connectivity index (χ2n) is 12.0. The first-order valence-electron chi connectivity index (χ1n) is 16.4. The monoisotopic (exact) mass is 487 g/mol. The fraction of sp³-hybridized carbons (Fsp3) is 0.886. The molecule has 0 bridgehead atoms. The van der Waals surface area contributed by atoms with E-state index in [4.69, 9.17) is 0 Å². The average molecular weight is 487 g/mol. The summed E-state index contributed by atoms with van der Waals surface area (Å²) in [5.74, 6) is 0.789. The van der Waals surface area contributed by atoms with Crippen LogP contribution in [0.2, 0.25) is 0 Å². The minimum absolute atomic E-state index is 0.334. The van der Waals surface area contributed by atoms with Gasteiger partial charge in [0.1, 0.15) is 0 Å². The zero-order valence-electron chi connectivity index (χ0n) is 26.0. The summed E-state index contributed by atoms with van der Waals surface area (Å²) in [6.45, 7) is 22.1. The molecular formula is C35H66. The molecule has 0 aliphatic heterocycles. The van der Waals surface area contributed by atoms with Crippen molar-refractivity contribution < 1.29 is 0 Å². The van der Waals surface area contributed by atoms with E-state index in [1.54, 1.807) is 0 Å². The summed E-state index contributed by atoms with van der Waals surface area (Å²) in [6.07, 6.45) is 25.5. The van der Waals surface area contributed by atoms with Crippen molar-refractivity contribution in [2.75, 3.05) is 0 Å². The first kappa shape index (κ1) is 32.5. The van der Waals surface area contributed by atoms with Crippen LogP contribution in [0.1, 0.15) is 184 Å². The van der Waals surface area contributed by atoms with E-state index in [0.717, 1.165) is 5.92 Å². The van der Waals surface area contributed by atoms with Gasteiger partial charge in [-0.3, -0.25) is 0 Å². The molecule has 1 unspecified atom stereocenters. The number of rotatable bonds is 18. The lowest BCUT2D eigenvalue weighted by atomic mass is 9.53. The zero-order valence-corrected chi connectivity index (χ0v) is 26.0. The Morgan fingerprint density at radius 2 is 1.00 bits per heavy atom. The van der Waals surface area contributed by atoms with Crippen LogP contribution in [0.5, 0.6) is 0 Å². The van der Waals surface area contributed by atoms with Crippen LogP contribution in [0.15, 0.2) is 22.3 Å². The Bertz CT molecular complexity index is 618. The molecule has 1 aliphatic rings. The van der Waals surface area contributed by atoms with Gasteiger partial charge in [-0.15, -0.1) is 0 Å². The highest BCUT2D eigenvalue weighted by molar-refractivity contribution is 5.40. The molecule has 0 N–H and O–H groups in total. The van der Waals surface area contributed by atoms with Crippen molar-refractivity contribution in [1.29, 1.82) is 0 Å². The minimum atomic E-state index is 0.334. The maximum absolute atomic E-state index is 2.46. The normalized spacial score (nSPS) is 24.4. The van der Waals surface area contributed by atoms with E-state index in [1.807, 2.05) is 22.3 Å². The number of hydrogen-bond acceptors (Lipinski definition) is 0. The molecule has 0 amide bonds. The highest BCUT2D eigenvalue weighted by Crippen LogP contribution is 2.59. The first-order chi connectivity index (χ1) is 16.9. The summed E-state index contributed by atoms with van der Waals surface area (Å²) in [7, 11) is 0. The van der Waals surface area contributed by atoms with Crippen molar-refractivity contribution in [2.24, 2.45) is 16.7 Å². The molecule has 0 saturated carbocycles. The van der Waals surface area contributed by atoms with Crippen LogP contribution in [0, 0.1) is 16.7 Å². The average Bonchev–Trinajstić information content (AvgIpc) is 2.83. The first-order valence-corrected chi connectivity index (χ1v) is 16.4. The lowest BCUT2D eigenvalue weighted by Gasteiger charge is -2.51. The minimum Gasteiger partial charge on any atom is -0.0696 e. The predicted molar refractivity (Wildman–Crippen MR) is 161 cm³/mol. The predicted octanol–water partition coefficient (Wildman–Crippen LogP) is 12.8. The third-order valence-electron chi connectivity index (χ3n) is 9.19. The Labute approximate surface area is 223 Å². The number of allylic oxidation sites excluding steroid dienone is 4. The molecular weight excluding hydrogens is 420 g/mol. The lowest BCUT2D eigenvalue weighted by Crippen LogP contribution is -2.39. The lowest BCUT2D eigenvalue weighted by molar-refractivity contribution is 0.125. The van der Waals surface area contributed by atoms with Gasteiger partial charge < -0.3 is 0 Å². The Morgan fingerprint density at radius 3 is 1.43 bits per heavy atom. The van der Waals surface area contributed by atoms with Crippen molar-refractivity contribution in [3.8, 4) is 0 Å². The molecule has 0 heterocycles. The van der Waals surface area contributed by atoms with E-state index in [0.29, 0.717) is 10.8 Å².